The first kappa shape index (κ1) is 16.2. The minimum atomic E-state index is 0.829. The minimum absolute atomic E-state index is 0.829. The van der Waals surface area contributed by atoms with Crippen LogP contribution in [0.3, 0.4) is 0 Å². The fraction of sp³-hybridized carbons (Fsp3) is 0.750. The Balaban J connectivity index is 1.56. The van der Waals surface area contributed by atoms with Crippen LogP contribution < -0.4 is 10.2 Å². The lowest BCUT2D eigenvalue weighted by atomic mass is 10.3. The summed E-state index contributed by atoms with van der Waals surface area (Å²) >= 11 is 0. The number of aromatic nitrogens is 2. The highest BCUT2D eigenvalue weighted by Crippen LogP contribution is 2.14. The van der Waals surface area contributed by atoms with E-state index in [1.165, 1.54) is 19.3 Å². The monoisotopic (exact) mass is 292 g/mol. The van der Waals surface area contributed by atoms with Crippen molar-refractivity contribution in [3.63, 3.8) is 0 Å². The van der Waals surface area contributed by atoms with Gasteiger partial charge in [0.2, 0.25) is 5.95 Å². The number of rotatable bonds is 10. The largest absolute Gasteiger partial charge is 0.381 e. The van der Waals surface area contributed by atoms with Crippen molar-refractivity contribution in [1.82, 2.24) is 15.3 Å². The first-order valence-corrected chi connectivity index (χ1v) is 8.24. The second-order valence-corrected chi connectivity index (χ2v) is 5.58. The molecule has 5 heteroatoms. The van der Waals surface area contributed by atoms with Crippen molar-refractivity contribution in [3.8, 4) is 0 Å². The Kier molecular flexibility index (Phi) is 7.46. The Bertz CT molecular complexity index is 376. The Morgan fingerprint density at radius 3 is 2.57 bits per heavy atom. The Hall–Kier alpha value is -1.20. The maximum absolute atomic E-state index is 5.53. The summed E-state index contributed by atoms with van der Waals surface area (Å²) in [6.45, 7) is 7.90. The van der Waals surface area contributed by atoms with Crippen LogP contribution in [0.15, 0.2) is 12.4 Å². The van der Waals surface area contributed by atoms with E-state index in [1.807, 2.05) is 12.4 Å². The van der Waals surface area contributed by atoms with Crippen LogP contribution in [0.4, 0.5) is 5.95 Å². The van der Waals surface area contributed by atoms with Crippen molar-refractivity contribution >= 4 is 5.95 Å². The summed E-state index contributed by atoms with van der Waals surface area (Å²) in [4.78, 5) is 11.2. The highest BCUT2D eigenvalue weighted by atomic mass is 16.5. The number of unbranched alkanes of at least 4 members (excludes halogenated alkanes) is 1. The molecule has 0 spiro atoms. The van der Waals surface area contributed by atoms with Gasteiger partial charge in [0.1, 0.15) is 0 Å². The highest BCUT2D eigenvalue weighted by Gasteiger charge is 2.14. The van der Waals surface area contributed by atoms with Crippen molar-refractivity contribution in [2.75, 3.05) is 37.7 Å². The summed E-state index contributed by atoms with van der Waals surface area (Å²) in [5.41, 5.74) is 1.14. The van der Waals surface area contributed by atoms with Crippen LogP contribution in [-0.4, -0.2) is 42.8 Å². The molecule has 2 heterocycles. The van der Waals surface area contributed by atoms with Crippen molar-refractivity contribution in [2.45, 2.75) is 45.6 Å². The van der Waals surface area contributed by atoms with Crippen molar-refractivity contribution in [2.24, 2.45) is 0 Å². The van der Waals surface area contributed by atoms with Crippen LogP contribution in [-0.2, 0) is 11.3 Å². The van der Waals surface area contributed by atoms with Crippen molar-refractivity contribution < 1.29 is 4.74 Å². The van der Waals surface area contributed by atoms with Gasteiger partial charge in [-0.15, -0.1) is 0 Å². The van der Waals surface area contributed by atoms with E-state index in [9.17, 15) is 0 Å². The summed E-state index contributed by atoms with van der Waals surface area (Å²) < 4.78 is 5.53. The van der Waals surface area contributed by atoms with E-state index >= 15 is 0 Å². The van der Waals surface area contributed by atoms with Crippen LogP contribution in [0, 0.1) is 0 Å². The number of hydrogen-bond acceptors (Lipinski definition) is 5. The van der Waals surface area contributed by atoms with Crippen LogP contribution in [0.2, 0.25) is 0 Å². The molecule has 0 bridgehead atoms. The molecule has 21 heavy (non-hydrogen) atoms. The zero-order chi connectivity index (χ0) is 14.8. The van der Waals surface area contributed by atoms with Crippen LogP contribution in [0.25, 0.3) is 0 Å². The molecular weight excluding hydrogens is 264 g/mol. The van der Waals surface area contributed by atoms with Crippen LogP contribution in [0.5, 0.6) is 0 Å². The van der Waals surface area contributed by atoms with E-state index in [4.69, 9.17) is 4.74 Å². The summed E-state index contributed by atoms with van der Waals surface area (Å²) in [6, 6.07) is 0. The molecule has 0 radical (unpaired) electrons. The first-order chi connectivity index (χ1) is 10.4. The van der Waals surface area contributed by atoms with E-state index in [0.717, 1.165) is 63.7 Å². The van der Waals surface area contributed by atoms with Gasteiger partial charge in [0.05, 0.1) is 0 Å². The predicted molar refractivity (Wildman–Crippen MR) is 85.5 cm³/mol. The lowest BCUT2D eigenvalue weighted by molar-refractivity contribution is 0.129. The summed E-state index contributed by atoms with van der Waals surface area (Å²) in [7, 11) is 0. The van der Waals surface area contributed by atoms with Crippen molar-refractivity contribution in [1.29, 1.82) is 0 Å². The second-order valence-electron chi connectivity index (χ2n) is 5.58. The standard InChI is InChI=1S/C16H28N4O/c1-2-3-10-21-11-6-7-17-12-15-13-18-16(19-14-15)20-8-4-5-9-20/h13-14,17H,2-12H2,1H3. The molecule has 1 aromatic rings. The molecule has 0 atom stereocenters. The minimum Gasteiger partial charge on any atom is -0.381 e. The van der Waals surface area contributed by atoms with E-state index in [-0.39, 0.29) is 0 Å². The number of hydrogen-bond donors (Lipinski definition) is 1. The fourth-order valence-corrected chi connectivity index (χ4v) is 2.40. The summed E-state index contributed by atoms with van der Waals surface area (Å²) in [6.07, 6.45) is 9.80. The molecule has 1 aromatic heterocycles. The number of nitrogens with zero attached hydrogens (tertiary/aromatic N) is 3. The molecule has 0 amide bonds. The quantitative estimate of drug-likeness (QED) is 0.671. The van der Waals surface area contributed by atoms with E-state index < -0.39 is 0 Å². The molecule has 5 nitrogen and oxygen atoms in total. The highest BCUT2D eigenvalue weighted by molar-refractivity contribution is 5.30. The first-order valence-electron chi connectivity index (χ1n) is 8.24. The van der Waals surface area contributed by atoms with Gasteiger partial charge in [-0.2, -0.15) is 0 Å². The normalized spacial score (nSPS) is 14.8. The number of anilines is 1. The Labute approximate surface area is 128 Å². The van der Waals surface area contributed by atoms with Gasteiger partial charge >= 0.3 is 0 Å². The molecule has 2 rings (SSSR count). The Morgan fingerprint density at radius 1 is 1.14 bits per heavy atom. The molecular formula is C16H28N4O. The summed E-state index contributed by atoms with van der Waals surface area (Å²) in [5.74, 6) is 0.876. The molecule has 1 N–H and O–H groups in total. The molecule has 0 aromatic carbocycles. The number of ether oxygens (including phenoxy) is 1. The zero-order valence-electron chi connectivity index (χ0n) is 13.2. The van der Waals surface area contributed by atoms with Crippen molar-refractivity contribution in [3.05, 3.63) is 18.0 Å². The third kappa shape index (κ3) is 5.98. The molecule has 1 aliphatic rings. The molecule has 118 valence electrons. The maximum Gasteiger partial charge on any atom is 0.225 e. The van der Waals surface area contributed by atoms with Gasteiger partial charge in [0.15, 0.2) is 0 Å². The molecule has 0 unspecified atom stereocenters. The average Bonchev–Trinajstić information content (AvgIpc) is 3.05. The second kappa shape index (κ2) is 9.68. The smallest absolute Gasteiger partial charge is 0.225 e. The molecule has 1 aliphatic heterocycles. The van der Waals surface area contributed by atoms with Gasteiger partial charge in [0, 0.05) is 50.8 Å². The number of nitrogens with one attached hydrogen (secondary N) is 1. The zero-order valence-corrected chi connectivity index (χ0v) is 13.2. The van der Waals surface area contributed by atoms with Gasteiger partial charge < -0.3 is 15.0 Å². The Morgan fingerprint density at radius 2 is 1.86 bits per heavy atom. The summed E-state index contributed by atoms with van der Waals surface area (Å²) in [5, 5.41) is 3.41. The molecule has 1 fully saturated rings. The molecule has 0 aliphatic carbocycles. The van der Waals surface area contributed by atoms with Crippen LogP contribution in [0.1, 0.15) is 44.6 Å². The third-order valence-corrected chi connectivity index (χ3v) is 3.69. The van der Waals surface area contributed by atoms with E-state index in [2.05, 4.69) is 27.1 Å². The predicted octanol–water partition coefficient (Wildman–Crippen LogP) is 2.37. The lowest BCUT2D eigenvalue weighted by Crippen LogP contribution is -2.21. The van der Waals surface area contributed by atoms with Gasteiger partial charge in [-0.25, -0.2) is 9.97 Å². The van der Waals surface area contributed by atoms with Gasteiger partial charge in [0.25, 0.3) is 0 Å². The van der Waals surface area contributed by atoms with E-state index in [0.29, 0.717) is 0 Å². The SMILES string of the molecule is CCCCOCCCNCc1cnc(N2CCCC2)nc1. The topological polar surface area (TPSA) is 50.3 Å². The molecule has 1 saturated heterocycles. The van der Waals surface area contributed by atoms with Gasteiger partial charge in [-0.3, -0.25) is 0 Å². The fourth-order valence-electron chi connectivity index (χ4n) is 2.40. The maximum atomic E-state index is 5.53. The van der Waals surface area contributed by atoms with Gasteiger partial charge in [-0.1, -0.05) is 13.3 Å². The third-order valence-electron chi connectivity index (χ3n) is 3.69. The van der Waals surface area contributed by atoms with Gasteiger partial charge in [-0.05, 0) is 32.2 Å². The van der Waals surface area contributed by atoms with E-state index in [1.54, 1.807) is 0 Å². The van der Waals surface area contributed by atoms with Crippen LogP contribution >= 0.6 is 0 Å². The average molecular weight is 292 g/mol. The molecule has 0 saturated carbocycles. The lowest BCUT2D eigenvalue weighted by Gasteiger charge is -2.14.